The quantitative estimate of drug-likeness (QED) is 0.00675. The van der Waals surface area contributed by atoms with Crippen molar-refractivity contribution in [3.8, 4) is 22.3 Å². The van der Waals surface area contributed by atoms with E-state index in [1.807, 2.05) is 84.9 Å². The number of nitrogens with zero attached hydrogens (tertiary/aromatic N) is 4. The van der Waals surface area contributed by atoms with Gasteiger partial charge in [-0.15, -0.1) is 4.98 Å². The molecule has 0 radical (unpaired) electrons. The first-order valence-corrected chi connectivity index (χ1v) is 20.3. The van der Waals surface area contributed by atoms with Crippen molar-refractivity contribution >= 4 is 11.7 Å². The van der Waals surface area contributed by atoms with Crippen LogP contribution in [0.5, 0.6) is 0 Å². The van der Waals surface area contributed by atoms with Gasteiger partial charge in [-0.05, 0) is 184 Å². The Morgan fingerprint density at radius 3 is 0.667 bits per heavy atom. The summed E-state index contributed by atoms with van der Waals surface area (Å²) >= 11 is 0. The number of benzene rings is 2. The highest BCUT2D eigenvalue weighted by atomic mass is 18.1. The number of aromatic nitrogens is 2. The van der Waals surface area contributed by atoms with E-state index in [0.717, 1.165) is 22.3 Å². The van der Waals surface area contributed by atoms with Crippen LogP contribution in [-0.2, 0) is 327 Å². The minimum atomic E-state index is 0.0134. The molecule has 0 bridgehead atoms. The fourth-order valence-electron chi connectivity index (χ4n) is 3.53. The highest BCUT2D eigenvalue weighted by Crippen LogP contribution is 2.27. The smallest absolute Gasteiger partial charge is 0.277 e. The maximum atomic E-state index is 8.68. The lowest BCUT2D eigenvalue weighted by Crippen LogP contribution is -2.16. The maximum absolute atomic E-state index is 8.68. The van der Waals surface area contributed by atoms with Gasteiger partial charge < -0.3 is 15.8 Å². The molecule has 75 nitrogen and oxygen atoms in total. The second-order valence-electron chi connectivity index (χ2n) is 10.6. The Morgan fingerprint density at radius 2 is 0.465 bits per heavy atom. The number of hydrogen-bond donors (Lipinski definition) is 6. The van der Waals surface area contributed by atoms with Gasteiger partial charge in [-0.2, -0.15) is 0 Å². The Morgan fingerprint density at radius 1 is 0.273 bits per heavy atom. The molecule has 4 aromatic rings. The molecule has 99 heavy (non-hydrogen) atoms. The van der Waals surface area contributed by atoms with E-state index in [1.54, 1.807) is 12.4 Å². The number of pyridine rings is 2. The molecule has 0 aliphatic rings. The van der Waals surface area contributed by atoms with Crippen LogP contribution in [-0.4, -0.2) is 42.0 Å². The van der Waals surface area contributed by atoms with Crippen LogP contribution in [0.15, 0.2) is 102 Å². The molecule has 4 rings (SSSR count). The van der Waals surface area contributed by atoms with Gasteiger partial charge in [-0.3, -0.25) is 4.98 Å². The minimum absolute atomic E-state index is 0.0134. The van der Waals surface area contributed by atoms with Crippen molar-refractivity contribution in [1.29, 1.82) is 0 Å². The predicted molar refractivity (Wildman–Crippen MR) is 199 cm³/mol. The van der Waals surface area contributed by atoms with Crippen LogP contribution in [0.2, 0.25) is 0 Å². The van der Waals surface area contributed by atoms with Crippen LogP contribution < -0.4 is 5.73 Å². The minimum Gasteiger partial charge on any atom is -0.409 e. The molecule has 2 aromatic heterocycles. The summed E-state index contributed by atoms with van der Waals surface area (Å²) in [5, 5.41) is 263. The molecule has 0 unspecified atom stereocenters. The molecule has 2 heterocycles. The summed E-state index contributed by atoms with van der Waals surface area (Å²) in [4.78, 5) is 11.5. The summed E-state index contributed by atoms with van der Waals surface area (Å²) in [6.07, 6.45) is 3.25. The normalized spacial score (nSPS) is 11.2. The van der Waals surface area contributed by atoms with Crippen molar-refractivity contribution < 1.29 is 354 Å². The molecule has 564 valence electrons. The molecule has 0 fully saturated rings. The number of nitrogens with two attached hydrogens (primary N) is 1. The van der Waals surface area contributed by atoms with E-state index in [9.17, 15) is 0 Å². The first-order chi connectivity index (χ1) is 49.1. The van der Waals surface area contributed by atoms with Crippen LogP contribution >= 0.6 is 0 Å². The van der Waals surface area contributed by atoms with E-state index >= 15 is 0 Å². The van der Waals surface area contributed by atoms with Crippen LogP contribution in [0.1, 0.15) is 5.69 Å². The standard InChI is InChI=1S/C12H11N3O.C12H8N2.H2O35.H2O34/c13-12(15-16)11-10(7-4-8-14-11)9-5-2-1-3-6-9;1-13-12-11(8-5-9-14-12)10-6-3-2-4-7-10;1-3-5-7-9-11-13-15-17-19-21-23-25-27-29-31-33-35-34-32-30-28-26-24-22-20-18-16-14-12-10-8-6-4-2;1-3-5-7-9-11-13-15-17-19-21-23-25-27-29-31-33-34-32-30-28-26-24-22-20-18-16-14-12-10-8-6-4-2/h1-8,16H,(H2,13,15);2-9H;1-2H;1-2H. The number of oxime groups is 1. The summed E-state index contributed by atoms with van der Waals surface area (Å²) in [6, 6.07) is 27.0. The Bertz CT molecular complexity index is 2280. The van der Waals surface area contributed by atoms with Crippen LogP contribution in [0.3, 0.4) is 0 Å². The highest BCUT2D eigenvalue weighted by molar-refractivity contribution is 6.01. The van der Waals surface area contributed by atoms with Crippen molar-refractivity contribution in [3.63, 3.8) is 0 Å². The maximum Gasteiger partial charge on any atom is 0.277 e. The Hall–Kier alpha value is -7.26. The molecular weight excluding hydrogens is 1480 g/mol. The predicted octanol–water partition coefficient (Wildman–Crippen LogP) is 0.731. The average molecular weight is 1500 g/mol. The second-order valence-corrected chi connectivity index (χ2v) is 10.6. The van der Waals surface area contributed by atoms with Gasteiger partial charge in [0.05, 0.1) is 0 Å². The number of amidine groups is 1. The number of hydrogen-bond acceptors (Lipinski definition) is 73. The zero-order valence-corrected chi connectivity index (χ0v) is 44.4. The molecule has 0 amide bonds. The number of rotatable bonds is 66. The van der Waals surface area contributed by atoms with Crippen LogP contribution in [0.25, 0.3) is 27.1 Å². The molecule has 75 heteroatoms. The zero-order valence-electron chi connectivity index (χ0n) is 44.4. The molecule has 0 spiro atoms. The summed E-state index contributed by atoms with van der Waals surface area (Å²) in [6.45, 7) is 7.00. The van der Waals surface area contributed by atoms with E-state index in [0.29, 0.717) is 11.5 Å². The molecule has 0 aliphatic heterocycles. The summed E-state index contributed by atoms with van der Waals surface area (Å²) in [5.74, 6) is 0.471. The lowest BCUT2D eigenvalue weighted by molar-refractivity contribution is -0.907. The van der Waals surface area contributed by atoms with E-state index in [4.69, 9.17) is 38.5 Å². The molecule has 0 saturated heterocycles. The van der Waals surface area contributed by atoms with Crippen LogP contribution in [0, 0.1) is 6.57 Å². The fraction of sp³-hybridized carbons (Fsp3) is 0. The van der Waals surface area contributed by atoms with Gasteiger partial charge in [0.2, 0.25) is 0 Å². The third kappa shape index (κ3) is 59.3. The van der Waals surface area contributed by atoms with E-state index < -0.39 is 0 Å². The lowest BCUT2D eigenvalue weighted by atomic mass is 10.0. The van der Waals surface area contributed by atoms with Crippen molar-refractivity contribution in [2.45, 2.75) is 0 Å². The molecule has 0 saturated carbocycles. The first kappa shape index (κ1) is 89.8. The van der Waals surface area contributed by atoms with E-state index in [-0.39, 0.29) is 5.84 Å². The van der Waals surface area contributed by atoms with Gasteiger partial charge in [0.15, 0.2) is 5.84 Å². The molecule has 0 aliphatic carbocycles. The van der Waals surface area contributed by atoms with Crippen molar-refractivity contribution in [2.24, 2.45) is 10.9 Å². The Balaban J connectivity index is 0.000000703. The van der Waals surface area contributed by atoms with Crippen molar-refractivity contribution in [3.05, 3.63) is 114 Å². The highest BCUT2D eigenvalue weighted by Gasteiger charge is 2.11. The molecular formula is C24H23N5O70. The molecule has 7 N–H and O–H groups in total. The topological polar surface area (TPSA) is 770 Å². The van der Waals surface area contributed by atoms with Gasteiger partial charge >= 0.3 is 0 Å². The molecule has 0 atom stereocenters. The first-order valence-electron chi connectivity index (χ1n) is 20.3. The Kier molecular flexibility index (Phi) is 67.9. The average Bonchev–Trinajstić information content (AvgIpc) is 0.860. The van der Waals surface area contributed by atoms with Gasteiger partial charge in [0, 0.05) is 184 Å². The SMILES string of the molecule is N/C(=N\O)c1ncccc1-c1ccccc1.OOOOOOOOOOOOOOOOOOOOOOOOOOOOOOOOOO.OOOOOOOOOOOOOOOOOOOOOOOOOOOOOOOOOOO.[C-]#[N+]c1ncccc1-c1ccccc1. The monoisotopic (exact) mass is 1500 g/mol. The lowest BCUT2D eigenvalue weighted by Gasteiger charge is -2.06. The van der Waals surface area contributed by atoms with Crippen molar-refractivity contribution in [2.75, 3.05) is 0 Å². The van der Waals surface area contributed by atoms with E-state index in [2.05, 4.69) is 347 Å². The zero-order chi connectivity index (χ0) is 71.1. The largest absolute Gasteiger partial charge is 0.409 e. The van der Waals surface area contributed by atoms with Gasteiger partial charge in [0.1, 0.15) is 11.9 Å². The summed E-state index contributed by atoms with van der Waals surface area (Å²) in [7, 11) is 0. The van der Waals surface area contributed by atoms with E-state index in [1.165, 1.54) is 0 Å². The van der Waals surface area contributed by atoms with Gasteiger partial charge in [0.25, 0.3) is 5.82 Å². The fourth-order valence-corrected chi connectivity index (χ4v) is 3.53. The molecule has 2 aromatic carbocycles. The second kappa shape index (κ2) is 75.0. The third-order valence-electron chi connectivity index (χ3n) is 5.98. The summed E-state index contributed by atoms with van der Waals surface area (Å²) < 4.78 is 0. The van der Waals surface area contributed by atoms with Gasteiger partial charge in [-0.1, -0.05) is 84.5 Å². The van der Waals surface area contributed by atoms with Crippen LogP contribution in [0.4, 0.5) is 5.82 Å². The van der Waals surface area contributed by atoms with Crippen molar-refractivity contribution in [1.82, 2.24) is 9.97 Å². The third-order valence-corrected chi connectivity index (χ3v) is 5.98. The summed E-state index contributed by atoms with van der Waals surface area (Å²) in [5.41, 5.74) is 9.81. The Labute approximate surface area is 523 Å². The van der Waals surface area contributed by atoms with Gasteiger partial charge in [-0.25, -0.2) is 21.0 Å².